The summed E-state index contributed by atoms with van der Waals surface area (Å²) in [6.07, 6.45) is 2.97. The second-order valence-electron chi connectivity index (χ2n) is 3.46. The van der Waals surface area contributed by atoms with Crippen molar-refractivity contribution in [1.82, 2.24) is 0 Å². The summed E-state index contributed by atoms with van der Waals surface area (Å²) >= 11 is 0. The Hall–Kier alpha value is -1.44. The summed E-state index contributed by atoms with van der Waals surface area (Å²) < 4.78 is 10.9. The van der Waals surface area contributed by atoms with Crippen LogP contribution in [0.5, 0.6) is 5.75 Å². The molecule has 14 heavy (non-hydrogen) atoms. The van der Waals surface area contributed by atoms with E-state index >= 15 is 0 Å². The van der Waals surface area contributed by atoms with Gasteiger partial charge in [0.25, 0.3) is 0 Å². The molecule has 0 aliphatic heterocycles. The molecule has 1 unspecified atom stereocenters. The largest absolute Gasteiger partial charge is 0.491 e. The summed E-state index contributed by atoms with van der Waals surface area (Å²) in [7, 11) is 0. The van der Waals surface area contributed by atoms with Gasteiger partial charge in [-0.05, 0) is 37.6 Å². The molecule has 0 radical (unpaired) electrons. The number of rotatable bonds is 3. The van der Waals surface area contributed by atoms with Crippen LogP contribution in [0.15, 0.2) is 34.9 Å². The summed E-state index contributed by atoms with van der Waals surface area (Å²) in [4.78, 5) is 0. The monoisotopic (exact) mass is 190 g/mol. The van der Waals surface area contributed by atoms with Crippen LogP contribution in [-0.4, -0.2) is 6.10 Å². The zero-order valence-corrected chi connectivity index (χ0v) is 8.49. The average molecular weight is 190 g/mol. The molecule has 0 saturated heterocycles. The lowest BCUT2D eigenvalue weighted by atomic mass is 10.2. The third-order valence-corrected chi connectivity index (χ3v) is 2.34. The van der Waals surface area contributed by atoms with Gasteiger partial charge in [-0.15, -0.1) is 0 Å². The minimum Gasteiger partial charge on any atom is -0.491 e. The van der Waals surface area contributed by atoms with Gasteiger partial charge in [0.2, 0.25) is 0 Å². The summed E-state index contributed by atoms with van der Waals surface area (Å²) in [5.41, 5.74) is 0.904. The molecule has 0 bridgehead atoms. The molecule has 0 amide bonds. The molecule has 1 aromatic heterocycles. The minimum atomic E-state index is 0.263. The van der Waals surface area contributed by atoms with Crippen LogP contribution in [0.4, 0.5) is 0 Å². The van der Waals surface area contributed by atoms with E-state index < -0.39 is 0 Å². The first-order valence-corrected chi connectivity index (χ1v) is 4.93. The Balaban J connectivity index is 2.25. The molecule has 0 fully saturated rings. The highest BCUT2D eigenvalue weighted by Gasteiger charge is 2.02. The fourth-order valence-corrected chi connectivity index (χ4v) is 1.33. The number of fused-ring (bicyclic) bond motifs is 1. The molecule has 2 heteroatoms. The zero-order chi connectivity index (χ0) is 9.97. The van der Waals surface area contributed by atoms with Crippen LogP contribution in [0.3, 0.4) is 0 Å². The van der Waals surface area contributed by atoms with Gasteiger partial charge in [0.05, 0.1) is 12.4 Å². The van der Waals surface area contributed by atoms with Crippen molar-refractivity contribution in [2.24, 2.45) is 0 Å². The van der Waals surface area contributed by atoms with E-state index in [0.29, 0.717) is 0 Å². The van der Waals surface area contributed by atoms with E-state index in [1.165, 1.54) is 0 Å². The van der Waals surface area contributed by atoms with Crippen molar-refractivity contribution in [2.45, 2.75) is 26.4 Å². The third-order valence-electron chi connectivity index (χ3n) is 2.34. The molecule has 0 spiro atoms. The number of hydrogen-bond donors (Lipinski definition) is 0. The molecule has 1 atom stereocenters. The predicted octanol–water partition coefficient (Wildman–Crippen LogP) is 3.61. The first kappa shape index (κ1) is 9.13. The van der Waals surface area contributed by atoms with E-state index in [4.69, 9.17) is 9.15 Å². The van der Waals surface area contributed by atoms with Crippen molar-refractivity contribution in [2.75, 3.05) is 0 Å². The minimum absolute atomic E-state index is 0.263. The average Bonchev–Trinajstić information content (AvgIpc) is 2.64. The van der Waals surface area contributed by atoms with Crippen LogP contribution in [0, 0.1) is 0 Å². The molecule has 1 heterocycles. The molecule has 2 aromatic rings. The molecule has 2 nitrogen and oxygen atoms in total. The van der Waals surface area contributed by atoms with Gasteiger partial charge in [-0.2, -0.15) is 0 Å². The maximum absolute atomic E-state index is 5.70. The Morgan fingerprint density at radius 3 is 3.00 bits per heavy atom. The van der Waals surface area contributed by atoms with Crippen LogP contribution < -0.4 is 4.74 Å². The van der Waals surface area contributed by atoms with E-state index in [2.05, 4.69) is 13.8 Å². The summed E-state index contributed by atoms with van der Waals surface area (Å²) in [5.74, 6) is 0.910. The Morgan fingerprint density at radius 1 is 1.36 bits per heavy atom. The Kier molecular flexibility index (Phi) is 2.44. The Labute approximate surface area is 83.5 Å². The fraction of sp³-hybridized carbons (Fsp3) is 0.333. The van der Waals surface area contributed by atoms with Gasteiger partial charge in [0.15, 0.2) is 0 Å². The van der Waals surface area contributed by atoms with Crippen molar-refractivity contribution in [1.29, 1.82) is 0 Å². The quantitative estimate of drug-likeness (QED) is 0.737. The molecule has 0 N–H and O–H groups in total. The molecule has 0 saturated carbocycles. The van der Waals surface area contributed by atoms with Crippen molar-refractivity contribution in [3.8, 4) is 5.75 Å². The van der Waals surface area contributed by atoms with E-state index in [1.54, 1.807) is 6.26 Å². The summed E-state index contributed by atoms with van der Waals surface area (Å²) in [5, 5.41) is 1.09. The highest BCUT2D eigenvalue weighted by atomic mass is 16.5. The van der Waals surface area contributed by atoms with Gasteiger partial charge >= 0.3 is 0 Å². The highest BCUT2D eigenvalue weighted by molar-refractivity contribution is 5.78. The second kappa shape index (κ2) is 3.74. The van der Waals surface area contributed by atoms with Gasteiger partial charge in [-0.25, -0.2) is 0 Å². The molecule has 2 rings (SSSR count). The van der Waals surface area contributed by atoms with Gasteiger partial charge in [-0.1, -0.05) is 6.92 Å². The van der Waals surface area contributed by atoms with Crippen molar-refractivity contribution in [3.63, 3.8) is 0 Å². The van der Waals surface area contributed by atoms with Gasteiger partial charge in [0, 0.05) is 5.39 Å². The van der Waals surface area contributed by atoms with Crippen molar-refractivity contribution < 1.29 is 9.15 Å². The number of benzene rings is 1. The second-order valence-corrected chi connectivity index (χ2v) is 3.46. The Bertz CT molecular complexity index is 417. The summed E-state index contributed by atoms with van der Waals surface area (Å²) in [6.45, 7) is 4.18. The first-order valence-electron chi connectivity index (χ1n) is 4.93. The lowest BCUT2D eigenvalue weighted by Crippen LogP contribution is -2.09. The molecule has 74 valence electrons. The SMILES string of the molecule is CCC(C)Oc1ccc2occc2c1. The Morgan fingerprint density at radius 2 is 2.21 bits per heavy atom. The molecular weight excluding hydrogens is 176 g/mol. The third kappa shape index (κ3) is 1.74. The van der Waals surface area contributed by atoms with Crippen molar-refractivity contribution >= 4 is 11.0 Å². The van der Waals surface area contributed by atoms with E-state index in [0.717, 1.165) is 23.1 Å². The number of furan rings is 1. The molecule has 0 aliphatic carbocycles. The summed E-state index contributed by atoms with van der Waals surface area (Å²) in [6, 6.07) is 7.83. The lowest BCUT2D eigenvalue weighted by molar-refractivity contribution is 0.217. The predicted molar refractivity (Wildman–Crippen MR) is 56.6 cm³/mol. The van der Waals surface area contributed by atoms with Gasteiger partial charge in [-0.3, -0.25) is 0 Å². The van der Waals surface area contributed by atoms with Crippen LogP contribution in [-0.2, 0) is 0 Å². The molecule has 1 aromatic carbocycles. The number of ether oxygens (including phenoxy) is 1. The maximum Gasteiger partial charge on any atom is 0.134 e. The normalized spacial score (nSPS) is 13.0. The molecular formula is C12H14O2. The van der Waals surface area contributed by atoms with E-state index in [-0.39, 0.29) is 6.10 Å². The van der Waals surface area contributed by atoms with Gasteiger partial charge in [0.1, 0.15) is 11.3 Å². The van der Waals surface area contributed by atoms with Crippen LogP contribution in [0.2, 0.25) is 0 Å². The van der Waals surface area contributed by atoms with Crippen LogP contribution in [0.25, 0.3) is 11.0 Å². The first-order chi connectivity index (χ1) is 6.79. The van der Waals surface area contributed by atoms with E-state index in [9.17, 15) is 0 Å². The number of hydrogen-bond acceptors (Lipinski definition) is 2. The van der Waals surface area contributed by atoms with Crippen LogP contribution >= 0.6 is 0 Å². The smallest absolute Gasteiger partial charge is 0.134 e. The van der Waals surface area contributed by atoms with Crippen LogP contribution in [0.1, 0.15) is 20.3 Å². The zero-order valence-electron chi connectivity index (χ0n) is 8.49. The standard InChI is InChI=1S/C12H14O2/c1-3-9(2)14-11-4-5-12-10(8-11)6-7-13-12/h4-9H,3H2,1-2H3. The van der Waals surface area contributed by atoms with Crippen molar-refractivity contribution in [3.05, 3.63) is 30.5 Å². The maximum atomic E-state index is 5.70. The van der Waals surface area contributed by atoms with Gasteiger partial charge < -0.3 is 9.15 Å². The lowest BCUT2D eigenvalue weighted by Gasteiger charge is -2.11. The molecule has 0 aliphatic rings. The van der Waals surface area contributed by atoms with E-state index in [1.807, 2.05) is 24.3 Å². The fourth-order valence-electron chi connectivity index (χ4n) is 1.33. The highest BCUT2D eigenvalue weighted by Crippen LogP contribution is 2.22. The topological polar surface area (TPSA) is 22.4 Å².